The van der Waals surface area contributed by atoms with E-state index in [0.717, 1.165) is 17.3 Å². The van der Waals surface area contributed by atoms with Gasteiger partial charge in [-0.25, -0.2) is 0 Å². The summed E-state index contributed by atoms with van der Waals surface area (Å²) in [5, 5.41) is 0.489. The summed E-state index contributed by atoms with van der Waals surface area (Å²) in [6, 6.07) is 5.52. The van der Waals surface area contributed by atoms with Gasteiger partial charge in [-0.15, -0.1) is 12.4 Å². The van der Waals surface area contributed by atoms with Crippen LogP contribution in [0.2, 0.25) is 5.02 Å². The highest BCUT2D eigenvalue weighted by molar-refractivity contribution is 9.10. The van der Waals surface area contributed by atoms with Gasteiger partial charge in [-0.3, -0.25) is 4.79 Å². The number of benzene rings is 1. The van der Waals surface area contributed by atoms with Gasteiger partial charge in [0.2, 0.25) is 0 Å². The Morgan fingerprint density at radius 1 is 1.45 bits per heavy atom. The van der Waals surface area contributed by atoms with Gasteiger partial charge in [0.05, 0.1) is 5.02 Å². The van der Waals surface area contributed by atoms with Gasteiger partial charge in [-0.05, 0) is 31.0 Å². The quantitative estimate of drug-likeness (QED) is 0.872. The van der Waals surface area contributed by atoms with Gasteiger partial charge in [0.15, 0.2) is 6.61 Å². The summed E-state index contributed by atoms with van der Waals surface area (Å²) in [6.45, 7) is 1.42. The van der Waals surface area contributed by atoms with Crippen LogP contribution >= 0.6 is 39.9 Å². The number of piperidine rings is 1. The third-order valence-corrected chi connectivity index (χ3v) is 3.93. The van der Waals surface area contributed by atoms with E-state index >= 15 is 0 Å². The molecule has 0 aliphatic carbocycles. The van der Waals surface area contributed by atoms with Crippen LogP contribution in [0.5, 0.6) is 5.75 Å². The standard InChI is InChI=1S/C13H16BrClN2O2.ClH/c14-9-1-2-12(11(15)7-9)19-8-13(18)17-5-3-10(16)4-6-17;/h1-2,7,10H,3-6,8,16H2;1H. The van der Waals surface area contributed by atoms with Crippen molar-refractivity contribution in [1.82, 2.24) is 4.90 Å². The van der Waals surface area contributed by atoms with Crippen molar-refractivity contribution >= 4 is 45.8 Å². The van der Waals surface area contributed by atoms with Gasteiger partial charge in [0.25, 0.3) is 5.91 Å². The first-order valence-corrected chi connectivity index (χ1v) is 7.34. The van der Waals surface area contributed by atoms with Crippen molar-refractivity contribution < 1.29 is 9.53 Å². The van der Waals surface area contributed by atoms with E-state index < -0.39 is 0 Å². The van der Waals surface area contributed by atoms with Crippen LogP contribution in [0.4, 0.5) is 0 Å². The highest BCUT2D eigenvalue weighted by atomic mass is 79.9. The van der Waals surface area contributed by atoms with Crippen LogP contribution in [0.15, 0.2) is 22.7 Å². The number of carbonyl (C=O) groups excluding carboxylic acids is 1. The maximum atomic E-state index is 12.0. The Balaban J connectivity index is 0.00000200. The minimum absolute atomic E-state index is 0. The number of nitrogens with zero attached hydrogens (tertiary/aromatic N) is 1. The first kappa shape index (κ1) is 17.6. The normalized spacial score (nSPS) is 15.7. The Kier molecular flexibility index (Phi) is 7.09. The van der Waals surface area contributed by atoms with E-state index in [1.807, 2.05) is 6.07 Å². The fraction of sp³-hybridized carbons (Fsp3) is 0.462. The molecule has 1 aliphatic rings. The first-order chi connectivity index (χ1) is 9.06. The molecule has 1 heterocycles. The highest BCUT2D eigenvalue weighted by Gasteiger charge is 2.20. The molecule has 112 valence electrons. The van der Waals surface area contributed by atoms with Crippen molar-refractivity contribution in [2.45, 2.75) is 18.9 Å². The van der Waals surface area contributed by atoms with Crippen LogP contribution in [-0.4, -0.2) is 36.5 Å². The Bertz CT molecular complexity index is 466. The second-order valence-electron chi connectivity index (χ2n) is 4.58. The van der Waals surface area contributed by atoms with E-state index in [4.69, 9.17) is 22.1 Å². The summed E-state index contributed by atoms with van der Waals surface area (Å²) in [5.41, 5.74) is 5.81. The summed E-state index contributed by atoms with van der Waals surface area (Å²) >= 11 is 9.34. The molecule has 4 nitrogen and oxygen atoms in total. The van der Waals surface area contributed by atoms with Gasteiger partial charge in [-0.2, -0.15) is 0 Å². The average Bonchev–Trinajstić information content (AvgIpc) is 2.38. The molecule has 1 aromatic rings. The molecule has 1 amide bonds. The summed E-state index contributed by atoms with van der Waals surface area (Å²) < 4.78 is 6.33. The third kappa shape index (κ3) is 4.81. The number of ether oxygens (including phenoxy) is 1. The SMILES string of the molecule is Cl.NC1CCN(C(=O)COc2ccc(Br)cc2Cl)CC1. The fourth-order valence-electron chi connectivity index (χ4n) is 1.97. The molecule has 0 saturated carbocycles. The zero-order chi connectivity index (χ0) is 13.8. The van der Waals surface area contributed by atoms with E-state index in [1.165, 1.54) is 0 Å². The molecule has 0 spiro atoms. The predicted octanol–water partition coefficient (Wildman–Crippen LogP) is 2.85. The van der Waals surface area contributed by atoms with Crippen LogP contribution in [0, 0.1) is 0 Å². The lowest BCUT2D eigenvalue weighted by Crippen LogP contribution is -2.44. The molecule has 2 rings (SSSR count). The van der Waals surface area contributed by atoms with Gasteiger partial charge in [-0.1, -0.05) is 27.5 Å². The molecule has 0 bridgehead atoms. The summed E-state index contributed by atoms with van der Waals surface area (Å²) in [5.74, 6) is 0.498. The van der Waals surface area contributed by atoms with Crippen molar-refractivity contribution in [2.24, 2.45) is 5.73 Å². The van der Waals surface area contributed by atoms with Gasteiger partial charge < -0.3 is 15.4 Å². The number of rotatable bonds is 3. The molecule has 7 heteroatoms. The smallest absolute Gasteiger partial charge is 0.260 e. The van der Waals surface area contributed by atoms with E-state index in [1.54, 1.807) is 17.0 Å². The zero-order valence-electron chi connectivity index (χ0n) is 10.9. The molecular weight excluding hydrogens is 367 g/mol. The van der Waals surface area contributed by atoms with Crippen molar-refractivity contribution in [1.29, 1.82) is 0 Å². The Labute approximate surface area is 138 Å². The predicted molar refractivity (Wildman–Crippen MR) is 85.7 cm³/mol. The van der Waals surface area contributed by atoms with Crippen molar-refractivity contribution in [3.63, 3.8) is 0 Å². The lowest BCUT2D eigenvalue weighted by molar-refractivity contribution is -0.134. The van der Waals surface area contributed by atoms with Crippen molar-refractivity contribution in [3.05, 3.63) is 27.7 Å². The van der Waals surface area contributed by atoms with Crippen LogP contribution in [0.1, 0.15) is 12.8 Å². The summed E-state index contributed by atoms with van der Waals surface area (Å²) in [7, 11) is 0. The van der Waals surface area contributed by atoms with Crippen molar-refractivity contribution in [2.75, 3.05) is 19.7 Å². The first-order valence-electron chi connectivity index (χ1n) is 6.17. The van der Waals surface area contributed by atoms with E-state index in [0.29, 0.717) is 23.9 Å². The second kappa shape index (κ2) is 8.08. The summed E-state index contributed by atoms with van der Waals surface area (Å²) in [6.07, 6.45) is 1.70. The molecule has 1 aliphatic heterocycles. The maximum Gasteiger partial charge on any atom is 0.260 e. The number of carbonyl (C=O) groups is 1. The number of likely N-dealkylation sites (tertiary alicyclic amines) is 1. The zero-order valence-corrected chi connectivity index (χ0v) is 14.0. The topological polar surface area (TPSA) is 55.6 Å². The average molecular weight is 384 g/mol. The second-order valence-corrected chi connectivity index (χ2v) is 5.90. The Hall–Kier alpha value is -0.490. The van der Waals surface area contributed by atoms with Gasteiger partial charge in [0, 0.05) is 23.6 Å². The molecule has 0 unspecified atom stereocenters. The summed E-state index contributed by atoms with van der Waals surface area (Å²) in [4.78, 5) is 13.8. The molecule has 0 atom stereocenters. The molecule has 0 aromatic heterocycles. The van der Waals surface area contributed by atoms with Crippen LogP contribution in [0.3, 0.4) is 0 Å². The molecule has 1 saturated heterocycles. The number of nitrogens with two attached hydrogens (primary N) is 1. The minimum atomic E-state index is -0.0223. The molecule has 2 N–H and O–H groups in total. The van der Waals surface area contributed by atoms with Crippen LogP contribution < -0.4 is 10.5 Å². The lowest BCUT2D eigenvalue weighted by atomic mass is 10.1. The molecular formula is C13H17BrCl2N2O2. The number of amides is 1. The largest absolute Gasteiger partial charge is 0.482 e. The maximum absolute atomic E-state index is 12.0. The molecule has 1 fully saturated rings. The Morgan fingerprint density at radius 3 is 2.70 bits per heavy atom. The van der Waals surface area contributed by atoms with Crippen LogP contribution in [-0.2, 0) is 4.79 Å². The monoisotopic (exact) mass is 382 g/mol. The molecule has 20 heavy (non-hydrogen) atoms. The molecule has 1 aromatic carbocycles. The number of hydrogen-bond donors (Lipinski definition) is 1. The van der Waals surface area contributed by atoms with Gasteiger partial charge in [0.1, 0.15) is 5.75 Å². The fourth-order valence-corrected chi connectivity index (χ4v) is 2.70. The minimum Gasteiger partial charge on any atom is -0.482 e. The number of halogens is 3. The van der Waals surface area contributed by atoms with E-state index in [2.05, 4.69) is 15.9 Å². The Morgan fingerprint density at radius 2 is 2.10 bits per heavy atom. The van der Waals surface area contributed by atoms with Crippen LogP contribution in [0.25, 0.3) is 0 Å². The third-order valence-electron chi connectivity index (χ3n) is 3.14. The number of hydrogen-bond acceptors (Lipinski definition) is 3. The van der Waals surface area contributed by atoms with Crippen molar-refractivity contribution in [3.8, 4) is 5.75 Å². The lowest BCUT2D eigenvalue weighted by Gasteiger charge is -2.30. The van der Waals surface area contributed by atoms with E-state index in [9.17, 15) is 4.79 Å². The van der Waals surface area contributed by atoms with E-state index in [-0.39, 0.29) is 31.0 Å². The molecule has 0 radical (unpaired) electrons. The highest BCUT2D eigenvalue weighted by Crippen LogP contribution is 2.27. The van der Waals surface area contributed by atoms with Gasteiger partial charge >= 0.3 is 0 Å².